The van der Waals surface area contributed by atoms with Gasteiger partial charge in [-0.15, -0.1) is 12.6 Å². The lowest BCUT2D eigenvalue weighted by atomic mass is 10.2. The molecular weight excluding hydrogens is 314 g/mol. The lowest BCUT2D eigenvalue weighted by Gasteiger charge is -2.33. The van der Waals surface area contributed by atoms with E-state index < -0.39 is 5.50 Å². The van der Waals surface area contributed by atoms with Crippen LogP contribution in [0.3, 0.4) is 0 Å². The topological polar surface area (TPSA) is 83.1 Å². The summed E-state index contributed by atoms with van der Waals surface area (Å²) in [4.78, 5) is 25.3. The van der Waals surface area contributed by atoms with E-state index in [1.165, 1.54) is 6.33 Å². The molecule has 0 radical (unpaired) electrons. The van der Waals surface area contributed by atoms with Gasteiger partial charge in [0, 0.05) is 6.07 Å². The Bertz CT molecular complexity index is 690. The van der Waals surface area contributed by atoms with Gasteiger partial charge in [-0.05, 0) is 12.5 Å². The lowest BCUT2D eigenvalue weighted by Crippen LogP contribution is -2.49. The molecule has 3 rings (SSSR count). The number of anilines is 1. The third kappa shape index (κ3) is 3.42. The Morgan fingerprint density at radius 1 is 1.43 bits per heavy atom. The van der Waals surface area contributed by atoms with Crippen LogP contribution in [0.4, 0.5) is 5.82 Å². The SMILES string of the molecule is CCCCOc1cccc(CN2c3nc[nH]c3C(=O)NC2S)n1. The number of aromatic amines is 1. The third-order valence-corrected chi connectivity index (χ3v) is 3.94. The van der Waals surface area contributed by atoms with Crippen molar-refractivity contribution in [1.29, 1.82) is 0 Å². The van der Waals surface area contributed by atoms with Crippen LogP contribution in [0.1, 0.15) is 35.9 Å². The van der Waals surface area contributed by atoms with E-state index in [9.17, 15) is 4.79 Å². The largest absolute Gasteiger partial charge is 0.478 e. The fraction of sp³-hybridized carbons (Fsp3) is 0.400. The van der Waals surface area contributed by atoms with Gasteiger partial charge in [0.15, 0.2) is 5.82 Å². The molecule has 0 aromatic carbocycles. The number of thiol groups is 1. The summed E-state index contributed by atoms with van der Waals surface area (Å²) in [5.41, 5.74) is 0.804. The fourth-order valence-corrected chi connectivity index (χ4v) is 2.65. The second kappa shape index (κ2) is 6.91. The summed E-state index contributed by atoms with van der Waals surface area (Å²) < 4.78 is 5.63. The van der Waals surface area contributed by atoms with E-state index >= 15 is 0 Å². The number of hydrogen-bond donors (Lipinski definition) is 3. The molecule has 1 atom stereocenters. The van der Waals surface area contributed by atoms with Crippen LogP contribution < -0.4 is 15.0 Å². The first-order chi connectivity index (χ1) is 11.2. The number of unbranched alkanes of at least 4 members (excludes halogenated alkanes) is 1. The number of nitrogens with one attached hydrogen (secondary N) is 2. The molecule has 0 bridgehead atoms. The van der Waals surface area contributed by atoms with Crippen molar-refractivity contribution >= 4 is 24.4 Å². The summed E-state index contributed by atoms with van der Waals surface area (Å²) in [7, 11) is 0. The Hall–Kier alpha value is -2.22. The molecule has 23 heavy (non-hydrogen) atoms. The molecule has 0 aliphatic carbocycles. The van der Waals surface area contributed by atoms with Crippen LogP contribution in [0, 0.1) is 0 Å². The van der Waals surface area contributed by atoms with Gasteiger partial charge in [0.05, 0.1) is 25.2 Å². The Balaban J connectivity index is 1.75. The van der Waals surface area contributed by atoms with Gasteiger partial charge >= 0.3 is 0 Å². The smallest absolute Gasteiger partial charge is 0.273 e. The summed E-state index contributed by atoms with van der Waals surface area (Å²) in [6.07, 6.45) is 3.58. The van der Waals surface area contributed by atoms with Crippen molar-refractivity contribution in [2.75, 3.05) is 11.5 Å². The zero-order chi connectivity index (χ0) is 16.2. The standard InChI is InChI=1S/C15H19N5O2S/c1-2-3-7-22-11-6-4-5-10(18-11)8-20-13-12(16-9-17-13)14(21)19-15(20)23/h4-6,9,15,23H,2-3,7-8H2,1H3,(H,16,17)(H,19,21). The highest BCUT2D eigenvalue weighted by Gasteiger charge is 2.31. The summed E-state index contributed by atoms with van der Waals surface area (Å²) >= 11 is 4.42. The first-order valence-corrected chi connectivity index (χ1v) is 8.08. The van der Waals surface area contributed by atoms with Gasteiger partial charge in [-0.2, -0.15) is 0 Å². The molecule has 3 heterocycles. The number of pyridine rings is 1. The molecule has 8 heteroatoms. The van der Waals surface area contributed by atoms with E-state index in [-0.39, 0.29) is 5.91 Å². The van der Waals surface area contributed by atoms with Gasteiger partial charge in [0.1, 0.15) is 11.2 Å². The molecule has 2 aromatic rings. The lowest BCUT2D eigenvalue weighted by molar-refractivity contribution is 0.0937. The predicted molar refractivity (Wildman–Crippen MR) is 89.7 cm³/mol. The normalized spacial score (nSPS) is 16.9. The number of carbonyl (C=O) groups excluding carboxylic acids is 1. The summed E-state index contributed by atoms with van der Waals surface area (Å²) in [6, 6.07) is 5.66. The molecule has 1 aliphatic rings. The molecule has 2 aromatic heterocycles. The van der Waals surface area contributed by atoms with Crippen LogP contribution in [-0.2, 0) is 6.54 Å². The van der Waals surface area contributed by atoms with Crippen molar-refractivity contribution in [3.05, 3.63) is 35.9 Å². The minimum Gasteiger partial charge on any atom is -0.478 e. The molecule has 0 saturated heterocycles. The predicted octanol–water partition coefficient (Wildman–Crippen LogP) is 1.95. The molecule has 7 nitrogen and oxygen atoms in total. The van der Waals surface area contributed by atoms with Crippen LogP contribution >= 0.6 is 12.6 Å². The number of imidazole rings is 1. The number of H-pyrrole nitrogens is 1. The highest BCUT2D eigenvalue weighted by atomic mass is 32.1. The zero-order valence-corrected chi connectivity index (χ0v) is 13.7. The van der Waals surface area contributed by atoms with Crippen molar-refractivity contribution < 1.29 is 9.53 Å². The maximum absolute atomic E-state index is 11.9. The number of hydrogen-bond acceptors (Lipinski definition) is 6. The van der Waals surface area contributed by atoms with Gasteiger partial charge in [-0.1, -0.05) is 19.4 Å². The zero-order valence-electron chi connectivity index (χ0n) is 12.8. The van der Waals surface area contributed by atoms with E-state index in [4.69, 9.17) is 4.74 Å². The van der Waals surface area contributed by atoms with Crippen LogP contribution in [0.25, 0.3) is 0 Å². The number of aromatic nitrogens is 3. The summed E-state index contributed by atoms with van der Waals surface area (Å²) in [5.74, 6) is 0.973. The van der Waals surface area contributed by atoms with Gasteiger partial charge in [0.2, 0.25) is 5.88 Å². The number of nitrogens with zero attached hydrogens (tertiary/aromatic N) is 3. The van der Waals surface area contributed by atoms with Crippen LogP contribution in [0.2, 0.25) is 0 Å². The van der Waals surface area contributed by atoms with Gasteiger partial charge in [0.25, 0.3) is 5.91 Å². The average Bonchev–Trinajstić information content (AvgIpc) is 3.02. The Labute approximate surface area is 139 Å². The minimum absolute atomic E-state index is 0.210. The molecular formula is C15H19N5O2S. The number of fused-ring (bicyclic) bond motifs is 1. The monoisotopic (exact) mass is 333 g/mol. The Morgan fingerprint density at radius 2 is 2.30 bits per heavy atom. The van der Waals surface area contributed by atoms with Crippen molar-refractivity contribution in [1.82, 2.24) is 20.3 Å². The van der Waals surface area contributed by atoms with Gasteiger partial charge < -0.3 is 19.9 Å². The first kappa shape index (κ1) is 15.7. The van der Waals surface area contributed by atoms with Gasteiger partial charge in [-0.25, -0.2) is 9.97 Å². The van der Waals surface area contributed by atoms with E-state index in [2.05, 4.69) is 39.8 Å². The number of rotatable bonds is 6. The van der Waals surface area contributed by atoms with Crippen molar-refractivity contribution in [3.63, 3.8) is 0 Å². The van der Waals surface area contributed by atoms with E-state index in [0.29, 0.717) is 30.5 Å². The second-order valence-corrected chi connectivity index (χ2v) is 5.73. The molecule has 0 fully saturated rings. The summed E-state index contributed by atoms with van der Waals surface area (Å²) in [6.45, 7) is 3.24. The summed E-state index contributed by atoms with van der Waals surface area (Å²) in [5, 5.41) is 2.77. The molecule has 1 unspecified atom stereocenters. The van der Waals surface area contributed by atoms with Crippen LogP contribution in [-0.4, -0.2) is 33.0 Å². The maximum atomic E-state index is 11.9. The minimum atomic E-state index is -0.454. The van der Waals surface area contributed by atoms with Crippen LogP contribution in [0.5, 0.6) is 5.88 Å². The van der Waals surface area contributed by atoms with E-state index in [1.54, 1.807) is 0 Å². The van der Waals surface area contributed by atoms with Crippen molar-refractivity contribution in [3.8, 4) is 5.88 Å². The average molecular weight is 333 g/mol. The number of amides is 1. The quantitative estimate of drug-likeness (QED) is 0.556. The van der Waals surface area contributed by atoms with E-state index in [0.717, 1.165) is 18.5 Å². The fourth-order valence-electron chi connectivity index (χ4n) is 2.34. The van der Waals surface area contributed by atoms with Crippen LogP contribution in [0.15, 0.2) is 24.5 Å². The molecule has 1 amide bonds. The molecule has 122 valence electrons. The Kier molecular flexibility index (Phi) is 4.71. The van der Waals surface area contributed by atoms with Crippen molar-refractivity contribution in [2.24, 2.45) is 0 Å². The van der Waals surface area contributed by atoms with Crippen molar-refractivity contribution in [2.45, 2.75) is 31.8 Å². The first-order valence-electron chi connectivity index (χ1n) is 7.56. The Morgan fingerprint density at radius 3 is 3.13 bits per heavy atom. The molecule has 0 saturated carbocycles. The number of carbonyl (C=O) groups is 1. The number of ether oxygens (including phenoxy) is 1. The maximum Gasteiger partial charge on any atom is 0.273 e. The third-order valence-electron chi connectivity index (χ3n) is 3.54. The molecule has 2 N–H and O–H groups in total. The second-order valence-electron chi connectivity index (χ2n) is 5.25. The highest BCUT2D eigenvalue weighted by molar-refractivity contribution is 7.81. The highest BCUT2D eigenvalue weighted by Crippen LogP contribution is 2.25. The van der Waals surface area contributed by atoms with E-state index in [1.807, 2.05) is 23.1 Å². The van der Waals surface area contributed by atoms with Gasteiger partial charge in [-0.3, -0.25) is 4.79 Å². The molecule has 0 spiro atoms. The molecule has 1 aliphatic heterocycles.